The Morgan fingerprint density at radius 2 is 2.16 bits per heavy atom. The summed E-state index contributed by atoms with van der Waals surface area (Å²) in [5.74, 6) is 0. The van der Waals surface area contributed by atoms with E-state index in [0.717, 1.165) is 24.9 Å². The third kappa shape index (κ3) is 2.28. The van der Waals surface area contributed by atoms with Gasteiger partial charge in [-0.25, -0.2) is 0 Å². The van der Waals surface area contributed by atoms with Gasteiger partial charge in [0, 0.05) is 23.8 Å². The minimum Gasteiger partial charge on any atom is -0.387 e. The molecule has 1 aromatic heterocycles. The Morgan fingerprint density at radius 3 is 2.84 bits per heavy atom. The molecule has 2 heterocycles. The van der Waals surface area contributed by atoms with E-state index in [1.165, 1.54) is 10.9 Å². The zero-order valence-electron chi connectivity index (χ0n) is 11.6. The molecule has 0 bridgehead atoms. The van der Waals surface area contributed by atoms with Crippen LogP contribution in [-0.2, 0) is 0 Å². The molecular formula is C16H22N2O. The van der Waals surface area contributed by atoms with Crippen molar-refractivity contribution in [3.63, 3.8) is 0 Å². The molecule has 3 rings (SSSR count). The van der Waals surface area contributed by atoms with Crippen molar-refractivity contribution in [1.82, 2.24) is 9.88 Å². The number of benzene rings is 1. The second kappa shape index (κ2) is 4.99. The number of fused-ring (bicyclic) bond motifs is 1. The second-order valence-corrected chi connectivity index (χ2v) is 5.78. The lowest BCUT2D eigenvalue weighted by molar-refractivity contribution is 0.137. The summed E-state index contributed by atoms with van der Waals surface area (Å²) in [6.45, 7) is 5.38. The van der Waals surface area contributed by atoms with E-state index >= 15 is 0 Å². The van der Waals surface area contributed by atoms with Gasteiger partial charge in [-0.3, -0.25) is 0 Å². The van der Waals surface area contributed by atoms with Crippen LogP contribution in [0.25, 0.3) is 10.9 Å². The number of rotatable bonds is 3. The Kier molecular flexibility index (Phi) is 3.33. The quantitative estimate of drug-likeness (QED) is 0.888. The highest BCUT2D eigenvalue weighted by atomic mass is 16.3. The topological polar surface area (TPSA) is 37.2 Å². The molecule has 1 aromatic carbocycles. The minimum absolute atomic E-state index is 0.208. The summed E-state index contributed by atoms with van der Waals surface area (Å²) in [5.41, 5.74) is 2.23. The zero-order valence-corrected chi connectivity index (χ0v) is 11.6. The summed E-state index contributed by atoms with van der Waals surface area (Å²) in [5, 5.41) is 15.1. The Bertz CT molecular complexity index is 567. The number of nitrogens with one attached hydrogen (secondary N) is 1. The Morgan fingerprint density at radius 1 is 1.32 bits per heavy atom. The van der Waals surface area contributed by atoms with E-state index < -0.39 is 6.10 Å². The van der Waals surface area contributed by atoms with Gasteiger partial charge in [-0.2, -0.15) is 0 Å². The van der Waals surface area contributed by atoms with Crippen molar-refractivity contribution < 1.29 is 5.11 Å². The summed E-state index contributed by atoms with van der Waals surface area (Å²) >= 11 is 0. The molecule has 0 radical (unpaired) electrons. The molecule has 1 aliphatic rings. The third-order valence-corrected chi connectivity index (χ3v) is 4.12. The number of hydrogen-bond donors (Lipinski definition) is 2. The lowest BCUT2D eigenvalue weighted by Gasteiger charge is -2.19. The maximum atomic E-state index is 10.5. The fourth-order valence-electron chi connectivity index (χ4n) is 3.01. The summed E-state index contributed by atoms with van der Waals surface area (Å²) in [7, 11) is 0. The predicted octanol–water partition coefficient (Wildman–Crippen LogP) is 3.01. The van der Waals surface area contributed by atoms with E-state index in [-0.39, 0.29) is 6.04 Å². The van der Waals surface area contributed by atoms with Crippen LogP contribution in [0.4, 0.5) is 0 Å². The first-order chi connectivity index (χ1) is 9.16. The molecular weight excluding hydrogens is 236 g/mol. The highest BCUT2D eigenvalue weighted by Crippen LogP contribution is 2.27. The van der Waals surface area contributed by atoms with Gasteiger partial charge in [0.15, 0.2) is 0 Å². The lowest BCUT2D eigenvalue weighted by Crippen LogP contribution is -2.28. The molecule has 0 saturated carbocycles. The lowest BCUT2D eigenvalue weighted by atomic mass is 10.00. The van der Waals surface area contributed by atoms with Crippen LogP contribution >= 0.6 is 0 Å². The van der Waals surface area contributed by atoms with E-state index in [4.69, 9.17) is 0 Å². The Balaban J connectivity index is 1.97. The molecule has 2 atom stereocenters. The van der Waals surface area contributed by atoms with Crippen molar-refractivity contribution in [1.29, 1.82) is 0 Å². The SMILES string of the molecule is CC(C)n1ccc2ccc(C(O)[C@@H]3CCCN3)cc21. The van der Waals surface area contributed by atoms with E-state index in [1.54, 1.807) is 0 Å². The molecule has 0 spiro atoms. The van der Waals surface area contributed by atoms with Gasteiger partial charge >= 0.3 is 0 Å². The van der Waals surface area contributed by atoms with E-state index in [1.807, 2.05) is 0 Å². The molecule has 19 heavy (non-hydrogen) atoms. The van der Waals surface area contributed by atoms with E-state index in [2.05, 4.69) is 54.2 Å². The Hall–Kier alpha value is -1.32. The zero-order chi connectivity index (χ0) is 13.4. The molecule has 2 N–H and O–H groups in total. The van der Waals surface area contributed by atoms with Gasteiger partial charge in [0.05, 0.1) is 6.10 Å². The fourth-order valence-corrected chi connectivity index (χ4v) is 3.01. The van der Waals surface area contributed by atoms with Crippen molar-refractivity contribution in [2.75, 3.05) is 6.54 Å². The van der Waals surface area contributed by atoms with Crippen molar-refractivity contribution in [2.24, 2.45) is 0 Å². The summed E-state index contributed by atoms with van der Waals surface area (Å²) in [6.07, 6.45) is 3.94. The number of aromatic nitrogens is 1. The smallest absolute Gasteiger partial charge is 0.0943 e. The van der Waals surface area contributed by atoms with E-state index in [0.29, 0.717) is 6.04 Å². The largest absolute Gasteiger partial charge is 0.387 e. The average Bonchev–Trinajstić information content (AvgIpc) is 3.06. The standard InChI is InChI=1S/C16H22N2O/c1-11(2)18-9-7-12-5-6-13(10-15(12)18)16(19)14-4-3-8-17-14/h5-7,9-11,14,16-17,19H,3-4,8H2,1-2H3/t14-,16?/m0/s1. The average molecular weight is 258 g/mol. The molecule has 0 amide bonds. The number of nitrogens with zero attached hydrogens (tertiary/aromatic N) is 1. The van der Waals surface area contributed by atoms with Crippen LogP contribution in [-0.4, -0.2) is 22.3 Å². The van der Waals surface area contributed by atoms with E-state index in [9.17, 15) is 5.11 Å². The van der Waals surface area contributed by atoms with Gasteiger partial charge in [-0.05, 0) is 56.3 Å². The highest BCUT2D eigenvalue weighted by molar-refractivity contribution is 5.81. The predicted molar refractivity (Wildman–Crippen MR) is 78.3 cm³/mol. The monoisotopic (exact) mass is 258 g/mol. The van der Waals surface area contributed by atoms with Gasteiger partial charge in [0.1, 0.15) is 0 Å². The number of hydrogen-bond acceptors (Lipinski definition) is 2. The molecule has 3 nitrogen and oxygen atoms in total. The third-order valence-electron chi connectivity index (χ3n) is 4.12. The second-order valence-electron chi connectivity index (χ2n) is 5.78. The molecule has 102 valence electrons. The van der Waals surface area contributed by atoms with Gasteiger partial charge < -0.3 is 15.0 Å². The molecule has 3 heteroatoms. The molecule has 1 unspecified atom stereocenters. The van der Waals surface area contributed by atoms with Crippen LogP contribution in [0.2, 0.25) is 0 Å². The first-order valence-corrected chi connectivity index (χ1v) is 7.19. The highest BCUT2D eigenvalue weighted by Gasteiger charge is 2.24. The van der Waals surface area contributed by atoms with Crippen molar-refractivity contribution >= 4 is 10.9 Å². The minimum atomic E-state index is -0.401. The molecule has 2 aromatic rings. The van der Waals surface area contributed by atoms with Gasteiger partial charge in [0.25, 0.3) is 0 Å². The van der Waals surface area contributed by atoms with Gasteiger partial charge in [0.2, 0.25) is 0 Å². The molecule has 0 aliphatic carbocycles. The molecule has 1 aliphatic heterocycles. The van der Waals surface area contributed by atoms with Crippen molar-refractivity contribution in [3.05, 3.63) is 36.0 Å². The normalized spacial score (nSPS) is 21.4. The molecule has 1 saturated heterocycles. The number of aliphatic hydroxyl groups is 1. The first kappa shape index (κ1) is 12.7. The van der Waals surface area contributed by atoms with Crippen LogP contribution in [0.1, 0.15) is 44.4 Å². The first-order valence-electron chi connectivity index (χ1n) is 7.19. The van der Waals surface area contributed by atoms with Crippen LogP contribution in [0, 0.1) is 0 Å². The Labute approximate surface area is 114 Å². The maximum Gasteiger partial charge on any atom is 0.0943 e. The fraction of sp³-hybridized carbons (Fsp3) is 0.500. The summed E-state index contributed by atoms with van der Waals surface area (Å²) in [6, 6.07) is 9.09. The maximum absolute atomic E-state index is 10.5. The van der Waals surface area contributed by atoms with Crippen LogP contribution < -0.4 is 5.32 Å². The summed E-state index contributed by atoms with van der Waals surface area (Å²) in [4.78, 5) is 0. The summed E-state index contributed by atoms with van der Waals surface area (Å²) < 4.78 is 2.26. The van der Waals surface area contributed by atoms with Gasteiger partial charge in [-0.15, -0.1) is 0 Å². The van der Waals surface area contributed by atoms with Crippen LogP contribution in [0.5, 0.6) is 0 Å². The van der Waals surface area contributed by atoms with Gasteiger partial charge in [-0.1, -0.05) is 12.1 Å². The number of aliphatic hydroxyl groups excluding tert-OH is 1. The van der Waals surface area contributed by atoms with Crippen molar-refractivity contribution in [3.8, 4) is 0 Å². The molecule has 1 fully saturated rings. The van der Waals surface area contributed by atoms with Crippen LogP contribution in [0.15, 0.2) is 30.5 Å². The van der Waals surface area contributed by atoms with Crippen molar-refractivity contribution in [2.45, 2.75) is 44.9 Å². The van der Waals surface area contributed by atoms with Crippen LogP contribution in [0.3, 0.4) is 0 Å².